The SMILES string of the molecule is COc1cc(NC(=O)N(Cc2ccccc2)c2cc(Cl)ncn2)cc(OC)c1. The molecule has 1 heterocycles. The van der Waals surface area contributed by atoms with E-state index >= 15 is 0 Å². The van der Waals surface area contributed by atoms with Crippen molar-refractivity contribution in [3.05, 3.63) is 71.6 Å². The number of nitrogens with zero attached hydrogens (tertiary/aromatic N) is 3. The molecule has 0 aliphatic heterocycles. The summed E-state index contributed by atoms with van der Waals surface area (Å²) in [6, 6.07) is 15.9. The van der Waals surface area contributed by atoms with Crippen molar-refractivity contribution in [3.63, 3.8) is 0 Å². The second-order valence-corrected chi connectivity index (χ2v) is 6.19. The number of urea groups is 1. The van der Waals surface area contributed by atoms with Gasteiger partial charge in [0.25, 0.3) is 0 Å². The molecular formula is C20H19ClN4O3. The van der Waals surface area contributed by atoms with Gasteiger partial charge in [-0.3, -0.25) is 4.90 Å². The van der Waals surface area contributed by atoms with Crippen LogP contribution in [-0.2, 0) is 6.54 Å². The van der Waals surface area contributed by atoms with Gasteiger partial charge in [0.2, 0.25) is 0 Å². The van der Waals surface area contributed by atoms with Gasteiger partial charge in [-0.2, -0.15) is 0 Å². The van der Waals surface area contributed by atoms with E-state index in [1.165, 1.54) is 17.3 Å². The Hall–Kier alpha value is -3.32. The number of hydrogen-bond donors (Lipinski definition) is 1. The van der Waals surface area contributed by atoms with Crippen LogP contribution in [-0.4, -0.2) is 30.2 Å². The van der Waals surface area contributed by atoms with Gasteiger partial charge in [0.15, 0.2) is 0 Å². The maximum Gasteiger partial charge on any atom is 0.327 e. The third-order valence-corrected chi connectivity index (χ3v) is 4.13. The predicted octanol–water partition coefficient (Wildman–Crippen LogP) is 4.39. The molecule has 0 aliphatic rings. The highest BCUT2D eigenvalue weighted by Gasteiger charge is 2.19. The maximum atomic E-state index is 13.1. The van der Waals surface area contributed by atoms with Gasteiger partial charge in [-0.25, -0.2) is 14.8 Å². The number of ether oxygens (including phenoxy) is 2. The third kappa shape index (κ3) is 4.89. The van der Waals surface area contributed by atoms with Gasteiger partial charge in [0, 0.05) is 30.0 Å². The highest BCUT2D eigenvalue weighted by Crippen LogP contribution is 2.27. The van der Waals surface area contributed by atoms with Crippen LogP contribution in [0.1, 0.15) is 5.56 Å². The van der Waals surface area contributed by atoms with Crippen LogP contribution in [0.5, 0.6) is 11.5 Å². The molecule has 28 heavy (non-hydrogen) atoms. The molecule has 2 aromatic carbocycles. The van der Waals surface area contributed by atoms with Crippen molar-refractivity contribution >= 4 is 29.1 Å². The van der Waals surface area contributed by atoms with Crippen LogP contribution in [0.4, 0.5) is 16.3 Å². The summed E-state index contributed by atoms with van der Waals surface area (Å²) in [7, 11) is 3.09. The molecule has 3 rings (SSSR count). The lowest BCUT2D eigenvalue weighted by atomic mass is 10.2. The number of anilines is 2. The molecule has 3 aromatic rings. The molecule has 8 heteroatoms. The molecule has 0 atom stereocenters. The smallest absolute Gasteiger partial charge is 0.327 e. The number of carbonyl (C=O) groups excluding carboxylic acids is 1. The number of hydrogen-bond acceptors (Lipinski definition) is 5. The van der Waals surface area contributed by atoms with Crippen molar-refractivity contribution < 1.29 is 14.3 Å². The Bertz CT molecular complexity index is 931. The molecule has 144 valence electrons. The van der Waals surface area contributed by atoms with E-state index in [0.29, 0.717) is 29.5 Å². The molecule has 2 amide bonds. The fraction of sp³-hybridized carbons (Fsp3) is 0.150. The lowest BCUT2D eigenvalue weighted by Crippen LogP contribution is -2.35. The number of rotatable bonds is 6. The largest absolute Gasteiger partial charge is 0.497 e. The molecule has 0 saturated heterocycles. The Morgan fingerprint density at radius 3 is 2.32 bits per heavy atom. The van der Waals surface area contributed by atoms with Crippen LogP contribution >= 0.6 is 11.6 Å². The number of carbonyl (C=O) groups is 1. The zero-order valence-corrected chi connectivity index (χ0v) is 16.2. The molecule has 0 aliphatic carbocycles. The molecule has 0 unspecified atom stereocenters. The van der Waals surface area contributed by atoms with E-state index in [1.807, 2.05) is 30.3 Å². The number of amides is 2. The van der Waals surface area contributed by atoms with E-state index in [-0.39, 0.29) is 11.2 Å². The summed E-state index contributed by atoms with van der Waals surface area (Å²) in [6.45, 7) is 0.307. The van der Waals surface area contributed by atoms with Crippen molar-refractivity contribution in [3.8, 4) is 11.5 Å². The van der Waals surface area contributed by atoms with Crippen molar-refractivity contribution in [2.24, 2.45) is 0 Å². The predicted molar refractivity (Wildman–Crippen MR) is 108 cm³/mol. The van der Waals surface area contributed by atoms with Crippen LogP contribution in [0.25, 0.3) is 0 Å². The van der Waals surface area contributed by atoms with Crippen molar-refractivity contribution in [1.82, 2.24) is 9.97 Å². The molecule has 0 bridgehead atoms. The van der Waals surface area contributed by atoms with Gasteiger partial charge >= 0.3 is 6.03 Å². The summed E-state index contributed by atoms with van der Waals surface area (Å²) in [5, 5.41) is 3.10. The normalized spacial score (nSPS) is 10.2. The first kappa shape index (κ1) is 19.4. The number of aromatic nitrogens is 2. The summed E-state index contributed by atoms with van der Waals surface area (Å²) < 4.78 is 10.5. The molecule has 0 fully saturated rings. The molecule has 1 aromatic heterocycles. The van der Waals surface area contributed by atoms with Crippen LogP contribution in [0.2, 0.25) is 5.15 Å². The zero-order valence-electron chi connectivity index (χ0n) is 15.4. The zero-order chi connectivity index (χ0) is 19.9. The Labute approximate surface area is 167 Å². The topological polar surface area (TPSA) is 76.6 Å². The summed E-state index contributed by atoms with van der Waals surface area (Å²) in [5.74, 6) is 1.51. The molecule has 1 N–H and O–H groups in total. The summed E-state index contributed by atoms with van der Waals surface area (Å²) >= 11 is 5.99. The fourth-order valence-electron chi connectivity index (χ4n) is 2.57. The standard InChI is InChI=1S/C20H19ClN4O3/c1-27-16-8-15(9-17(10-16)28-2)24-20(26)25(12-14-6-4-3-5-7-14)19-11-18(21)22-13-23-19/h3-11,13H,12H2,1-2H3,(H,24,26). The highest BCUT2D eigenvalue weighted by atomic mass is 35.5. The van der Waals surface area contributed by atoms with Crippen LogP contribution < -0.4 is 19.7 Å². The van der Waals surface area contributed by atoms with Crippen molar-refractivity contribution in [1.29, 1.82) is 0 Å². The van der Waals surface area contributed by atoms with Gasteiger partial charge in [-0.1, -0.05) is 41.9 Å². The summed E-state index contributed by atoms with van der Waals surface area (Å²) in [5.41, 5.74) is 1.47. The Morgan fingerprint density at radius 2 is 1.71 bits per heavy atom. The molecule has 0 spiro atoms. The van der Waals surface area contributed by atoms with Gasteiger partial charge in [0.05, 0.1) is 20.8 Å². The van der Waals surface area contributed by atoms with Gasteiger partial charge < -0.3 is 14.8 Å². The van der Waals surface area contributed by atoms with Crippen LogP contribution in [0.15, 0.2) is 60.9 Å². The minimum atomic E-state index is -0.381. The average molecular weight is 399 g/mol. The maximum absolute atomic E-state index is 13.1. The number of benzene rings is 2. The molecule has 0 radical (unpaired) electrons. The van der Waals surface area contributed by atoms with E-state index < -0.39 is 0 Å². The Morgan fingerprint density at radius 1 is 1.04 bits per heavy atom. The first-order valence-electron chi connectivity index (χ1n) is 8.42. The number of nitrogens with one attached hydrogen (secondary N) is 1. The summed E-state index contributed by atoms with van der Waals surface area (Å²) in [4.78, 5) is 22.6. The molecular weight excluding hydrogens is 380 g/mol. The molecule has 7 nitrogen and oxygen atoms in total. The van der Waals surface area contributed by atoms with Crippen LogP contribution in [0, 0.1) is 0 Å². The van der Waals surface area contributed by atoms with E-state index in [0.717, 1.165) is 5.56 Å². The Kier molecular flexibility index (Phi) is 6.29. The first-order chi connectivity index (χ1) is 13.6. The van der Waals surface area contributed by atoms with E-state index in [4.69, 9.17) is 21.1 Å². The highest BCUT2D eigenvalue weighted by molar-refractivity contribution is 6.29. The quantitative estimate of drug-likeness (QED) is 0.623. The minimum absolute atomic E-state index is 0.249. The van der Waals surface area contributed by atoms with Gasteiger partial charge in [-0.15, -0.1) is 0 Å². The average Bonchev–Trinajstić information content (AvgIpc) is 2.72. The monoisotopic (exact) mass is 398 g/mol. The lowest BCUT2D eigenvalue weighted by Gasteiger charge is -2.22. The Balaban J connectivity index is 1.90. The van der Waals surface area contributed by atoms with E-state index in [9.17, 15) is 4.79 Å². The second-order valence-electron chi connectivity index (χ2n) is 5.80. The minimum Gasteiger partial charge on any atom is -0.497 e. The lowest BCUT2D eigenvalue weighted by molar-refractivity contribution is 0.256. The van der Waals surface area contributed by atoms with E-state index in [1.54, 1.807) is 32.4 Å². The van der Waals surface area contributed by atoms with E-state index in [2.05, 4.69) is 15.3 Å². The second kappa shape index (κ2) is 9.05. The third-order valence-electron chi connectivity index (χ3n) is 3.93. The summed E-state index contributed by atoms with van der Waals surface area (Å²) in [6.07, 6.45) is 1.32. The molecule has 0 saturated carbocycles. The van der Waals surface area contributed by atoms with Gasteiger partial charge in [-0.05, 0) is 5.56 Å². The van der Waals surface area contributed by atoms with Crippen molar-refractivity contribution in [2.75, 3.05) is 24.4 Å². The van der Waals surface area contributed by atoms with Crippen molar-refractivity contribution in [2.45, 2.75) is 6.54 Å². The first-order valence-corrected chi connectivity index (χ1v) is 8.80. The number of methoxy groups -OCH3 is 2. The fourth-order valence-corrected chi connectivity index (χ4v) is 2.71. The van der Waals surface area contributed by atoms with Crippen LogP contribution in [0.3, 0.4) is 0 Å². The number of halogens is 1. The van der Waals surface area contributed by atoms with Gasteiger partial charge in [0.1, 0.15) is 28.8 Å².